The number of hydrogen-bond acceptors (Lipinski definition) is 4. The topological polar surface area (TPSA) is 90.7 Å². The van der Waals surface area contributed by atoms with Crippen LogP contribution in [0.15, 0.2) is 30.3 Å². The second-order valence-corrected chi connectivity index (χ2v) is 7.02. The Kier molecular flexibility index (Phi) is 12.0. The Morgan fingerprint density at radius 1 is 1.11 bits per heavy atom. The third-order valence-corrected chi connectivity index (χ3v) is 4.46. The van der Waals surface area contributed by atoms with Crippen molar-refractivity contribution in [3.8, 4) is 0 Å². The predicted molar refractivity (Wildman–Crippen MR) is 111 cm³/mol. The van der Waals surface area contributed by atoms with E-state index in [1.54, 1.807) is 0 Å². The van der Waals surface area contributed by atoms with Crippen LogP contribution in [0.5, 0.6) is 0 Å². The summed E-state index contributed by atoms with van der Waals surface area (Å²) < 4.78 is 18.6. The third kappa shape index (κ3) is 11.0. The molecule has 6 heteroatoms. The van der Waals surface area contributed by atoms with E-state index in [-0.39, 0.29) is 30.8 Å². The predicted octanol–water partition coefficient (Wildman–Crippen LogP) is 3.15. The van der Waals surface area contributed by atoms with Gasteiger partial charge < -0.3 is 20.5 Å². The van der Waals surface area contributed by atoms with Crippen molar-refractivity contribution in [2.75, 3.05) is 26.4 Å². The Bertz CT molecular complexity index is 571. The number of ether oxygens (including phenoxy) is 2. The fourth-order valence-electron chi connectivity index (χ4n) is 2.80. The molecule has 0 fully saturated rings. The largest absolute Gasteiger partial charge is 0.379 e. The number of carbonyl (C=O) groups excluding carboxylic acids is 2. The van der Waals surface area contributed by atoms with Crippen molar-refractivity contribution in [3.63, 3.8) is 0 Å². The summed E-state index contributed by atoms with van der Waals surface area (Å²) in [5, 5.41) is 2.92. The van der Waals surface area contributed by atoms with Crippen molar-refractivity contribution in [1.82, 2.24) is 5.32 Å². The standard InChI is InChI=1S/C22H36N2O4/c1-3-5-12-27-17-20(28-13-6-4-2)16-24-22(26)15-19(14-21(23)25)18-10-8-7-9-11-18/h7-11,19-20H,3-6,12-17H2,1-2H3,(H2,23,25)(H,24,26)/i/hT. The molecule has 3 N–H and O–H groups in total. The summed E-state index contributed by atoms with van der Waals surface area (Å²) in [6.45, 7) is 6.38. The van der Waals surface area contributed by atoms with Crippen LogP contribution in [0.25, 0.3) is 0 Å². The van der Waals surface area contributed by atoms with E-state index in [1.165, 1.54) is 0 Å². The fraction of sp³-hybridized carbons (Fsp3) is 0.636. The first kappa shape index (κ1) is 22.4. The normalized spacial score (nSPS) is 13.4. The maximum atomic E-state index is 12.5. The van der Waals surface area contributed by atoms with Crippen LogP contribution in [0.4, 0.5) is 0 Å². The average Bonchev–Trinajstić information content (AvgIpc) is 2.74. The third-order valence-electron chi connectivity index (χ3n) is 4.46. The maximum Gasteiger partial charge on any atom is 0.220 e. The van der Waals surface area contributed by atoms with Crippen LogP contribution in [0.3, 0.4) is 0 Å². The number of benzene rings is 1. The molecule has 28 heavy (non-hydrogen) atoms. The summed E-state index contributed by atoms with van der Waals surface area (Å²) >= 11 is 0. The van der Waals surface area contributed by atoms with Gasteiger partial charge in [0.2, 0.25) is 11.8 Å². The van der Waals surface area contributed by atoms with Crippen LogP contribution in [-0.2, 0) is 19.1 Å². The van der Waals surface area contributed by atoms with Crippen molar-refractivity contribution in [2.45, 2.75) is 64.4 Å². The molecule has 0 saturated carbocycles. The Morgan fingerprint density at radius 2 is 1.82 bits per heavy atom. The highest BCUT2D eigenvalue weighted by Gasteiger charge is 2.19. The van der Waals surface area contributed by atoms with Gasteiger partial charge in [0, 0.05) is 38.5 Å². The Balaban J connectivity index is 2.57. The first-order chi connectivity index (χ1) is 14.1. The number of hydrogen-bond donors (Lipinski definition) is 2. The minimum Gasteiger partial charge on any atom is -0.379 e. The maximum absolute atomic E-state index is 12.5. The number of carbonyl (C=O) groups is 2. The van der Waals surface area contributed by atoms with Crippen molar-refractivity contribution in [3.05, 3.63) is 35.9 Å². The lowest BCUT2D eigenvalue weighted by Crippen LogP contribution is -2.37. The van der Waals surface area contributed by atoms with Crippen molar-refractivity contribution in [1.29, 1.82) is 0 Å². The van der Waals surface area contributed by atoms with Gasteiger partial charge >= 0.3 is 0 Å². The highest BCUT2D eigenvalue weighted by atomic mass is 16.5. The van der Waals surface area contributed by atoms with E-state index in [0.717, 1.165) is 31.2 Å². The Morgan fingerprint density at radius 3 is 2.50 bits per heavy atom. The number of rotatable bonds is 16. The second-order valence-electron chi connectivity index (χ2n) is 7.02. The van der Waals surface area contributed by atoms with Gasteiger partial charge in [0.15, 0.2) is 1.41 Å². The molecule has 2 atom stereocenters. The van der Waals surface area contributed by atoms with Gasteiger partial charge in [0.1, 0.15) is 0 Å². The summed E-state index contributed by atoms with van der Waals surface area (Å²) in [6.07, 6.45) is 4.18. The summed E-state index contributed by atoms with van der Waals surface area (Å²) in [6, 6.07) is 9.44. The number of nitrogens with one attached hydrogen (secondary N) is 1. The van der Waals surface area contributed by atoms with Crippen LogP contribution in [0, 0.1) is 0 Å². The molecule has 6 nitrogen and oxygen atoms in total. The monoisotopic (exact) mass is 394 g/mol. The molecule has 0 saturated heterocycles. The van der Waals surface area contributed by atoms with Crippen LogP contribution in [0.1, 0.15) is 63.9 Å². The first-order valence-electron chi connectivity index (χ1n) is 10.8. The lowest BCUT2D eigenvalue weighted by Gasteiger charge is -2.20. The number of primary amides is 1. The number of unbranched alkanes of at least 4 members (excludes halogenated alkanes) is 2. The molecule has 0 spiro atoms. The molecule has 0 aliphatic rings. The van der Waals surface area contributed by atoms with E-state index in [1.807, 2.05) is 36.1 Å². The molecule has 0 aliphatic carbocycles. The summed E-state index contributed by atoms with van der Waals surface area (Å²) in [5.41, 5.74) is 2.80. The Labute approximate surface area is 170 Å². The van der Waals surface area contributed by atoms with Crippen molar-refractivity contribution < 1.29 is 20.5 Å². The van der Waals surface area contributed by atoms with E-state index in [4.69, 9.17) is 10.9 Å². The van der Waals surface area contributed by atoms with E-state index in [9.17, 15) is 9.59 Å². The number of nitrogens with two attached hydrogens (primary N) is 1. The summed E-state index contributed by atoms with van der Waals surface area (Å²) in [7, 11) is 0. The molecular formula is C22H36N2O4. The van der Waals surface area contributed by atoms with E-state index < -0.39 is 5.91 Å². The molecule has 0 radical (unpaired) electrons. The minimum absolute atomic E-state index is 0.0947. The van der Waals surface area contributed by atoms with Crippen LogP contribution < -0.4 is 11.0 Å². The summed E-state index contributed by atoms with van der Waals surface area (Å²) in [5.74, 6) is -0.826. The highest BCUT2D eigenvalue weighted by molar-refractivity contribution is 5.79. The smallest absolute Gasteiger partial charge is 0.220 e. The molecule has 158 valence electrons. The molecule has 1 aromatic carbocycles. The van der Waals surface area contributed by atoms with E-state index in [2.05, 4.69) is 19.2 Å². The van der Waals surface area contributed by atoms with Gasteiger partial charge in [0.05, 0.1) is 12.7 Å². The molecule has 2 amide bonds. The van der Waals surface area contributed by atoms with Gasteiger partial charge in [-0.2, -0.15) is 0 Å². The van der Waals surface area contributed by atoms with Gasteiger partial charge in [-0.05, 0) is 18.4 Å². The zero-order valence-corrected chi connectivity index (χ0v) is 17.2. The number of amides is 2. The van der Waals surface area contributed by atoms with Gasteiger partial charge in [-0.25, -0.2) is 0 Å². The van der Waals surface area contributed by atoms with Crippen LogP contribution in [-0.4, -0.2) is 44.3 Å². The van der Waals surface area contributed by atoms with Crippen molar-refractivity contribution >= 4 is 11.8 Å². The minimum atomic E-state index is -0.406. The van der Waals surface area contributed by atoms with E-state index >= 15 is 0 Å². The zero-order chi connectivity index (χ0) is 21.3. The molecule has 0 bridgehead atoms. The fourth-order valence-corrected chi connectivity index (χ4v) is 2.80. The van der Waals surface area contributed by atoms with Crippen LogP contribution in [0.2, 0.25) is 1.41 Å². The lowest BCUT2D eigenvalue weighted by atomic mass is 9.92. The molecule has 0 heterocycles. The second kappa shape index (κ2) is 15.1. The van der Waals surface area contributed by atoms with Gasteiger partial charge in [0.25, 0.3) is 0 Å². The van der Waals surface area contributed by atoms with Gasteiger partial charge in [-0.3, -0.25) is 9.59 Å². The van der Waals surface area contributed by atoms with Gasteiger partial charge in [-0.1, -0.05) is 57.0 Å². The Hall–Kier alpha value is -1.92. The zero-order valence-electron chi connectivity index (χ0n) is 18.2. The average molecular weight is 395 g/mol. The SMILES string of the molecule is [3H]NC(=O)CC(CC(=O)NCC(COCCCC)OCCCC)c1ccccc1. The lowest BCUT2D eigenvalue weighted by molar-refractivity contribution is -0.123. The molecular weight excluding hydrogens is 356 g/mol. The highest BCUT2D eigenvalue weighted by Crippen LogP contribution is 2.23. The van der Waals surface area contributed by atoms with E-state index in [0.29, 0.717) is 26.4 Å². The quantitative estimate of drug-likeness (QED) is 0.421. The molecule has 0 aliphatic heterocycles. The van der Waals surface area contributed by atoms with Crippen LogP contribution >= 0.6 is 0 Å². The molecule has 1 rings (SSSR count). The molecule has 1 aromatic rings. The molecule has 2 unspecified atom stereocenters. The summed E-state index contributed by atoms with van der Waals surface area (Å²) in [4.78, 5) is 24.2. The first-order valence-corrected chi connectivity index (χ1v) is 10.3. The molecule has 0 aromatic heterocycles. The van der Waals surface area contributed by atoms with Crippen molar-refractivity contribution in [2.24, 2.45) is 5.73 Å². The van der Waals surface area contributed by atoms with Gasteiger partial charge in [-0.15, -0.1) is 0 Å².